The summed E-state index contributed by atoms with van der Waals surface area (Å²) in [4.78, 5) is 16.1. The van der Waals surface area contributed by atoms with Crippen LogP contribution in [-0.2, 0) is 0 Å². The van der Waals surface area contributed by atoms with E-state index in [1.54, 1.807) is 6.20 Å². The lowest BCUT2D eigenvalue weighted by molar-refractivity contribution is 0.373. The second kappa shape index (κ2) is 8.39. The van der Waals surface area contributed by atoms with Crippen LogP contribution in [0.1, 0.15) is 32.1 Å². The summed E-state index contributed by atoms with van der Waals surface area (Å²) in [5.41, 5.74) is 0.849. The van der Waals surface area contributed by atoms with Crippen molar-refractivity contribution in [1.82, 2.24) is 18.1 Å². The normalized spacial score (nSPS) is 19.8. The predicted octanol–water partition coefficient (Wildman–Crippen LogP) is 4.14. The van der Waals surface area contributed by atoms with Gasteiger partial charge in [-0.15, -0.1) is 0 Å². The summed E-state index contributed by atoms with van der Waals surface area (Å²) in [5, 5.41) is 5.03. The third-order valence-corrected chi connectivity index (χ3v) is 6.50. The van der Waals surface area contributed by atoms with Gasteiger partial charge in [-0.2, -0.15) is 4.98 Å². The van der Waals surface area contributed by atoms with Gasteiger partial charge in [-0.25, -0.2) is 13.1 Å². The molecule has 0 amide bonds. The van der Waals surface area contributed by atoms with Gasteiger partial charge in [-0.1, -0.05) is 30.9 Å². The zero-order chi connectivity index (χ0) is 17.9. The maximum Gasteiger partial charge on any atom is 0.228 e. The molecular formula is C18H24ClIN6. The molecule has 0 unspecified atom stereocenters. The summed E-state index contributed by atoms with van der Waals surface area (Å²) in [6.07, 6.45) is 8.44. The largest absolute Gasteiger partial charge is 0.369 e. The molecule has 140 valence electrons. The first-order chi connectivity index (χ1) is 12.7. The number of halogens is 2. The maximum absolute atomic E-state index is 6.13. The number of rotatable bonds is 4. The molecule has 1 saturated heterocycles. The van der Waals surface area contributed by atoms with Crippen LogP contribution in [0, 0.1) is 5.92 Å². The van der Waals surface area contributed by atoms with Crippen molar-refractivity contribution in [2.75, 3.05) is 42.9 Å². The Morgan fingerprint density at radius 1 is 1.12 bits per heavy atom. The van der Waals surface area contributed by atoms with Crippen LogP contribution in [-0.4, -0.2) is 50.8 Å². The number of anilines is 2. The molecule has 0 atom stereocenters. The Labute approximate surface area is 173 Å². The fourth-order valence-electron chi connectivity index (χ4n) is 3.78. The number of pyridine rings is 1. The first kappa shape index (κ1) is 18.4. The number of hydrogen-bond acceptors (Lipinski definition) is 6. The molecule has 4 rings (SSSR count). The minimum Gasteiger partial charge on any atom is -0.369 e. The molecule has 0 bridgehead atoms. The number of piperazine rings is 1. The molecule has 2 aliphatic rings. The van der Waals surface area contributed by atoms with Crippen molar-refractivity contribution in [3.63, 3.8) is 0 Å². The summed E-state index contributed by atoms with van der Waals surface area (Å²) in [5.74, 6) is 2.41. The molecule has 1 N–H and O–H groups in total. The Kier molecular flexibility index (Phi) is 5.95. The summed E-state index contributed by atoms with van der Waals surface area (Å²) < 4.78 is 2.30. The van der Waals surface area contributed by atoms with Gasteiger partial charge >= 0.3 is 0 Å². The Morgan fingerprint density at radius 2 is 1.88 bits per heavy atom. The molecular weight excluding hydrogens is 463 g/mol. The van der Waals surface area contributed by atoms with E-state index in [1.165, 1.54) is 32.1 Å². The number of aromatic nitrogens is 3. The lowest BCUT2D eigenvalue weighted by Gasteiger charge is -2.31. The second-order valence-corrected chi connectivity index (χ2v) is 8.93. The van der Waals surface area contributed by atoms with E-state index in [1.807, 2.05) is 6.07 Å². The van der Waals surface area contributed by atoms with E-state index in [2.05, 4.69) is 41.2 Å². The van der Waals surface area contributed by atoms with Crippen LogP contribution in [0.25, 0.3) is 10.9 Å². The summed E-state index contributed by atoms with van der Waals surface area (Å²) in [7, 11) is 0. The van der Waals surface area contributed by atoms with E-state index >= 15 is 0 Å². The lowest BCUT2D eigenvalue weighted by Crippen LogP contribution is -2.43. The van der Waals surface area contributed by atoms with Gasteiger partial charge in [0.25, 0.3) is 0 Å². The molecule has 0 radical (unpaired) electrons. The highest BCUT2D eigenvalue weighted by molar-refractivity contribution is 14.1. The number of nitrogens with zero attached hydrogens (tertiary/aromatic N) is 5. The Hall–Kier alpha value is -0.930. The molecule has 0 spiro atoms. The van der Waals surface area contributed by atoms with Crippen molar-refractivity contribution < 1.29 is 0 Å². The van der Waals surface area contributed by atoms with E-state index in [0.29, 0.717) is 5.15 Å². The smallest absolute Gasteiger partial charge is 0.228 e. The lowest BCUT2D eigenvalue weighted by atomic mass is 9.89. The van der Waals surface area contributed by atoms with Crippen LogP contribution in [0.5, 0.6) is 0 Å². The summed E-state index contributed by atoms with van der Waals surface area (Å²) in [6.45, 7) is 4.89. The van der Waals surface area contributed by atoms with Gasteiger partial charge in [0.05, 0.1) is 11.7 Å². The highest BCUT2D eigenvalue weighted by Crippen LogP contribution is 2.28. The van der Waals surface area contributed by atoms with Crippen molar-refractivity contribution >= 4 is 57.1 Å². The SMILES string of the molecule is Clc1cc2c(NCC3CCCCC3)nc(N3CCN(I)CC3)nc2cn1. The highest BCUT2D eigenvalue weighted by Gasteiger charge is 2.20. The zero-order valence-corrected chi connectivity index (χ0v) is 17.7. The standard InChI is InChI=1S/C18H24ClIN6/c19-16-10-14-15(12-21-16)23-18(25-6-8-26(20)9-7-25)24-17(14)22-11-13-4-2-1-3-5-13/h10,12-13H,1-9,11H2,(H,22,23,24). The molecule has 0 aromatic carbocycles. The topological polar surface area (TPSA) is 57.2 Å². The van der Waals surface area contributed by atoms with Crippen LogP contribution in [0.3, 0.4) is 0 Å². The van der Waals surface area contributed by atoms with Crippen molar-refractivity contribution in [3.05, 3.63) is 17.4 Å². The summed E-state index contributed by atoms with van der Waals surface area (Å²) in [6, 6.07) is 1.87. The quantitative estimate of drug-likeness (QED) is 0.398. The van der Waals surface area contributed by atoms with E-state index < -0.39 is 0 Å². The van der Waals surface area contributed by atoms with Gasteiger partial charge in [0.1, 0.15) is 11.0 Å². The van der Waals surface area contributed by atoms with Crippen LogP contribution < -0.4 is 10.2 Å². The fourth-order valence-corrected chi connectivity index (χ4v) is 4.37. The number of fused-ring (bicyclic) bond motifs is 1. The second-order valence-electron chi connectivity index (χ2n) is 7.18. The minimum atomic E-state index is 0.480. The molecule has 2 aromatic heterocycles. The van der Waals surface area contributed by atoms with E-state index in [4.69, 9.17) is 21.6 Å². The average Bonchev–Trinajstić information content (AvgIpc) is 2.67. The third-order valence-electron chi connectivity index (χ3n) is 5.33. The minimum absolute atomic E-state index is 0.480. The first-order valence-electron chi connectivity index (χ1n) is 9.42. The molecule has 26 heavy (non-hydrogen) atoms. The highest BCUT2D eigenvalue weighted by atomic mass is 127. The number of nitrogens with one attached hydrogen (secondary N) is 1. The Bertz CT molecular complexity index is 759. The van der Waals surface area contributed by atoms with Crippen LogP contribution in [0.15, 0.2) is 12.3 Å². The fraction of sp³-hybridized carbons (Fsp3) is 0.611. The van der Waals surface area contributed by atoms with Gasteiger partial charge in [-0.05, 0) is 24.8 Å². The van der Waals surface area contributed by atoms with Crippen molar-refractivity contribution in [1.29, 1.82) is 0 Å². The van der Waals surface area contributed by atoms with Gasteiger partial charge in [0.15, 0.2) is 0 Å². The first-order valence-corrected chi connectivity index (χ1v) is 10.8. The van der Waals surface area contributed by atoms with Gasteiger partial charge < -0.3 is 10.2 Å². The van der Waals surface area contributed by atoms with Crippen LogP contribution in [0.4, 0.5) is 11.8 Å². The molecule has 2 aromatic rings. The van der Waals surface area contributed by atoms with E-state index in [-0.39, 0.29) is 0 Å². The van der Waals surface area contributed by atoms with E-state index in [0.717, 1.165) is 61.3 Å². The van der Waals surface area contributed by atoms with E-state index in [9.17, 15) is 0 Å². The Balaban J connectivity index is 1.60. The number of hydrogen-bond donors (Lipinski definition) is 1. The maximum atomic E-state index is 6.13. The summed E-state index contributed by atoms with van der Waals surface area (Å²) >= 11 is 8.51. The molecule has 8 heteroatoms. The van der Waals surface area contributed by atoms with Crippen molar-refractivity contribution in [2.24, 2.45) is 5.92 Å². The predicted molar refractivity (Wildman–Crippen MR) is 115 cm³/mol. The molecule has 2 fully saturated rings. The Morgan fingerprint density at radius 3 is 2.65 bits per heavy atom. The van der Waals surface area contributed by atoms with Crippen LogP contribution >= 0.6 is 34.5 Å². The molecule has 1 saturated carbocycles. The molecule has 1 aliphatic carbocycles. The zero-order valence-electron chi connectivity index (χ0n) is 14.8. The molecule has 6 nitrogen and oxygen atoms in total. The van der Waals surface area contributed by atoms with Gasteiger partial charge in [0, 0.05) is 61.0 Å². The monoisotopic (exact) mass is 486 g/mol. The van der Waals surface area contributed by atoms with Crippen molar-refractivity contribution in [2.45, 2.75) is 32.1 Å². The van der Waals surface area contributed by atoms with Gasteiger partial charge in [0.2, 0.25) is 5.95 Å². The molecule has 3 heterocycles. The van der Waals surface area contributed by atoms with Crippen molar-refractivity contribution in [3.8, 4) is 0 Å². The van der Waals surface area contributed by atoms with Gasteiger partial charge in [-0.3, -0.25) is 0 Å². The average molecular weight is 487 g/mol. The van der Waals surface area contributed by atoms with Crippen LogP contribution in [0.2, 0.25) is 5.15 Å². The third kappa shape index (κ3) is 4.31. The molecule has 1 aliphatic heterocycles.